The molecule has 100 valence electrons. The van der Waals surface area contributed by atoms with Crippen LogP contribution in [0.2, 0.25) is 0 Å². The fourth-order valence-corrected chi connectivity index (χ4v) is 1.32. The van der Waals surface area contributed by atoms with Gasteiger partial charge in [-0.25, -0.2) is 0 Å². The highest BCUT2D eigenvalue weighted by molar-refractivity contribution is 5.79. The molecule has 0 radical (unpaired) electrons. The fourth-order valence-electron chi connectivity index (χ4n) is 1.32. The predicted octanol–water partition coefficient (Wildman–Crippen LogP) is 3.23. The van der Waals surface area contributed by atoms with Crippen molar-refractivity contribution in [1.82, 2.24) is 0 Å². The maximum absolute atomic E-state index is 11.9. The zero-order valence-corrected chi connectivity index (χ0v) is 9.79. The van der Waals surface area contributed by atoms with E-state index < -0.39 is 12.6 Å². The van der Waals surface area contributed by atoms with Crippen LogP contribution in [0, 0.1) is 0 Å². The standard InChI is InChI=1S/C12H13F3O3/c1-17-10-4-3-9(8-16)11(7-10)18-6-2-5-12(13,14)15/h3-4,7-8H,2,5-6H2,1H3. The first-order chi connectivity index (χ1) is 8.46. The van der Waals surface area contributed by atoms with Crippen molar-refractivity contribution >= 4 is 6.29 Å². The van der Waals surface area contributed by atoms with E-state index in [4.69, 9.17) is 9.47 Å². The molecule has 0 aliphatic carbocycles. The number of halogens is 3. The van der Waals surface area contributed by atoms with Gasteiger partial charge >= 0.3 is 6.18 Å². The molecule has 3 nitrogen and oxygen atoms in total. The number of aldehydes is 1. The summed E-state index contributed by atoms with van der Waals surface area (Å²) in [6.45, 7) is -0.104. The third-order valence-electron chi connectivity index (χ3n) is 2.21. The SMILES string of the molecule is COc1ccc(C=O)c(OCCCC(F)(F)F)c1. The lowest BCUT2D eigenvalue weighted by Gasteiger charge is -2.10. The Kier molecular flexibility index (Phi) is 5.00. The quantitative estimate of drug-likeness (QED) is 0.583. The second-order valence-corrected chi connectivity index (χ2v) is 3.59. The molecule has 0 atom stereocenters. The average molecular weight is 262 g/mol. The summed E-state index contributed by atoms with van der Waals surface area (Å²) < 4.78 is 45.8. The number of hydrogen-bond acceptors (Lipinski definition) is 3. The van der Waals surface area contributed by atoms with Gasteiger partial charge in [-0.05, 0) is 18.6 Å². The molecular weight excluding hydrogens is 249 g/mol. The highest BCUT2D eigenvalue weighted by atomic mass is 19.4. The first kappa shape index (κ1) is 14.3. The topological polar surface area (TPSA) is 35.5 Å². The highest BCUT2D eigenvalue weighted by Gasteiger charge is 2.26. The van der Waals surface area contributed by atoms with Gasteiger partial charge in [0.25, 0.3) is 0 Å². The molecule has 0 fully saturated rings. The average Bonchev–Trinajstić information content (AvgIpc) is 2.33. The second kappa shape index (κ2) is 6.28. The van der Waals surface area contributed by atoms with Crippen molar-refractivity contribution in [2.24, 2.45) is 0 Å². The molecule has 0 saturated heterocycles. The molecule has 0 aromatic heterocycles. The van der Waals surface area contributed by atoms with Gasteiger partial charge in [-0.2, -0.15) is 13.2 Å². The van der Waals surface area contributed by atoms with Crippen LogP contribution in [-0.4, -0.2) is 26.2 Å². The maximum atomic E-state index is 11.9. The van der Waals surface area contributed by atoms with Crippen LogP contribution in [-0.2, 0) is 0 Å². The van der Waals surface area contributed by atoms with E-state index in [-0.39, 0.29) is 24.3 Å². The molecule has 1 aromatic carbocycles. The third-order valence-corrected chi connectivity index (χ3v) is 2.21. The molecule has 0 N–H and O–H groups in total. The molecule has 1 aromatic rings. The fraction of sp³-hybridized carbons (Fsp3) is 0.417. The van der Waals surface area contributed by atoms with E-state index in [2.05, 4.69) is 0 Å². The van der Waals surface area contributed by atoms with Gasteiger partial charge in [-0.1, -0.05) is 0 Å². The summed E-state index contributed by atoms with van der Waals surface area (Å²) in [5.41, 5.74) is 0.280. The largest absolute Gasteiger partial charge is 0.497 e. The minimum absolute atomic E-state index is 0.104. The molecule has 0 spiro atoms. The van der Waals surface area contributed by atoms with Crippen molar-refractivity contribution in [3.8, 4) is 11.5 Å². The summed E-state index contributed by atoms with van der Waals surface area (Å²) >= 11 is 0. The molecular formula is C12H13F3O3. The number of methoxy groups -OCH3 is 1. The lowest BCUT2D eigenvalue weighted by molar-refractivity contribution is -0.136. The number of carbonyl (C=O) groups is 1. The Balaban J connectivity index is 2.57. The number of rotatable bonds is 6. The molecule has 0 amide bonds. The van der Waals surface area contributed by atoms with Crippen molar-refractivity contribution in [3.05, 3.63) is 23.8 Å². The van der Waals surface area contributed by atoms with Gasteiger partial charge in [0.15, 0.2) is 6.29 Å². The summed E-state index contributed by atoms with van der Waals surface area (Å²) in [6.07, 6.45) is -4.67. The van der Waals surface area contributed by atoms with Gasteiger partial charge in [0.2, 0.25) is 0 Å². The summed E-state index contributed by atoms with van der Waals surface area (Å²) in [5.74, 6) is 0.706. The van der Waals surface area contributed by atoms with E-state index in [9.17, 15) is 18.0 Å². The monoisotopic (exact) mass is 262 g/mol. The maximum Gasteiger partial charge on any atom is 0.389 e. The Morgan fingerprint density at radius 2 is 2.06 bits per heavy atom. The Labute approximate surface area is 103 Å². The van der Waals surface area contributed by atoms with Gasteiger partial charge in [0.05, 0.1) is 19.3 Å². The van der Waals surface area contributed by atoms with Crippen LogP contribution in [0.4, 0.5) is 13.2 Å². The van der Waals surface area contributed by atoms with Crippen LogP contribution in [0.15, 0.2) is 18.2 Å². The van der Waals surface area contributed by atoms with Crippen molar-refractivity contribution in [3.63, 3.8) is 0 Å². The predicted molar refractivity (Wildman–Crippen MR) is 59.2 cm³/mol. The molecule has 0 unspecified atom stereocenters. The number of ether oxygens (including phenoxy) is 2. The zero-order valence-electron chi connectivity index (χ0n) is 9.79. The van der Waals surface area contributed by atoms with E-state index in [0.29, 0.717) is 12.0 Å². The molecule has 0 bridgehead atoms. The Morgan fingerprint density at radius 3 is 2.61 bits per heavy atom. The number of alkyl halides is 3. The van der Waals surface area contributed by atoms with Gasteiger partial charge in [0, 0.05) is 12.5 Å². The molecule has 1 rings (SSSR count). The van der Waals surface area contributed by atoms with Crippen molar-refractivity contribution < 1.29 is 27.4 Å². The van der Waals surface area contributed by atoms with E-state index >= 15 is 0 Å². The number of hydrogen-bond donors (Lipinski definition) is 0. The Hall–Kier alpha value is -1.72. The zero-order chi connectivity index (χ0) is 13.6. The summed E-state index contributed by atoms with van der Waals surface area (Å²) in [7, 11) is 1.45. The van der Waals surface area contributed by atoms with Crippen LogP contribution in [0.1, 0.15) is 23.2 Å². The van der Waals surface area contributed by atoms with Crippen molar-refractivity contribution in [2.75, 3.05) is 13.7 Å². The van der Waals surface area contributed by atoms with E-state index in [1.54, 1.807) is 6.07 Å². The second-order valence-electron chi connectivity index (χ2n) is 3.59. The first-order valence-corrected chi connectivity index (χ1v) is 5.29. The summed E-state index contributed by atoms with van der Waals surface area (Å²) in [4.78, 5) is 10.7. The Morgan fingerprint density at radius 1 is 1.33 bits per heavy atom. The molecule has 0 heterocycles. The first-order valence-electron chi connectivity index (χ1n) is 5.29. The number of carbonyl (C=O) groups excluding carboxylic acids is 1. The van der Waals surface area contributed by atoms with Gasteiger partial charge in [-0.15, -0.1) is 0 Å². The normalized spacial score (nSPS) is 11.1. The smallest absolute Gasteiger partial charge is 0.389 e. The van der Waals surface area contributed by atoms with Crippen molar-refractivity contribution in [1.29, 1.82) is 0 Å². The van der Waals surface area contributed by atoms with Crippen LogP contribution in [0.3, 0.4) is 0 Å². The molecule has 6 heteroatoms. The number of benzene rings is 1. The van der Waals surface area contributed by atoms with E-state index in [0.717, 1.165) is 0 Å². The van der Waals surface area contributed by atoms with E-state index in [1.165, 1.54) is 19.2 Å². The third kappa shape index (κ3) is 4.65. The van der Waals surface area contributed by atoms with Crippen LogP contribution >= 0.6 is 0 Å². The summed E-state index contributed by atoms with van der Waals surface area (Å²) in [5, 5.41) is 0. The van der Waals surface area contributed by atoms with Crippen LogP contribution < -0.4 is 9.47 Å². The summed E-state index contributed by atoms with van der Waals surface area (Å²) in [6, 6.07) is 4.54. The molecule has 0 saturated carbocycles. The van der Waals surface area contributed by atoms with Crippen molar-refractivity contribution in [2.45, 2.75) is 19.0 Å². The molecule has 18 heavy (non-hydrogen) atoms. The Bertz CT molecular complexity index is 402. The highest BCUT2D eigenvalue weighted by Crippen LogP contribution is 2.25. The van der Waals surface area contributed by atoms with Gasteiger partial charge in [0.1, 0.15) is 11.5 Å². The van der Waals surface area contributed by atoms with E-state index in [1.807, 2.05) is 0 Å². The lowest BCUT2D eigenvalue weighted by atomic mass is 10.2. The minimum atomic E-state index is -4.19. The molecule has 0 aliphatic rings. The lowest BCUT2D eigenvalue weighted by Crippen LogP contribution is -2.10. The van der Waals surface area contributed by atoms with Crippen LogP contribution in [0.25, 0.3) is 0 Å². The minimum Gasteiger partial charge on any atom is -0.497 e. The van der Waals surface area contributed by atoms with Gasteiger partial charge < -0.3 is 9.47 Å². The van der Waals surface area contributed by atoms with Crippen LogP contribution in [0.5, 0.6) is 11.5 Å². The van der Waals surface area contributed by atoms with Gasteiger partial charge in [-0.3, -0.25) is 4.79 Å². The molecule has 0 aliphatic heterocycles.